The first kappa shape index (κ1) is 40.0. The molecule has 1 aliphatic rings. The Morgan fingerprint density at radius 1 is 0.983 bits per heavy atom. The first-order valence-electron chi connectivity index (χ1n) is 19.7. The van der Waals surface area contributed by atoms with Gasteiger partial charge in [-0.05, 0) is 107 Å². The van der Waals surface area contributed by atoms with Crippen molar-refractivity contribution < 1.29 is 19.4 Å². The molecule has 0 saturated heterocycles. The number of halogens is 2. The van der Waals surface area contributed by atoms with E-state index in [4.69, 9.17) is 33.0 Å². The molecule has 13 heteroatoms. The molecule has 0 spiro atoms. The summed E-state index contributed by atoms with van der Waals surface area (Å²) in [6.07, 6.45) is 4.56. The van der Waals surface area contributed by atoms with Gasteiger partial charge in [-0.1, -0.05) is 35.3 Å². The molecule has 0 bridgehead atoms. The zero-order chi connectivity index (χ0) is 42.0. The van der Waals surface area contributed by atoms with Crippen molar-refractivity contribution in [2.45, 2.75) is 60.0 Å². The molecule has 304 valence electrons. The van der Waals surface area contributed by atoms with Gasteiger partial charge in [-0.15, -0.1) is 0 Å². The lowest BCUT2D eigenvalue weighted by Gasteiger charge is -2.35. The number of pyridine rings is 1. The minimum atomic E-state index is -1.04. The van der Waals surface area contributed by atoms with Crippen LogP contribution in [0.3, 0.4) is 0 Å². The van der Waals surface area contributed by atoms with Gasteiger partial charge in [0.05, 0.1) is 51.8 Å². The molecule has 11 nitrogen and oxygen atoms in total. The van der Waals surface area contributed by atoms with Crippen LogP contribution in [0.25, 0.3) is 32.9 Å². The fraction of sp³-hybridized carbons (Fsp3) is 0.304. The lowest BCUT2D eigenvalue weighted by atomic mass is 9.98. The molecule has 1 amide bonds. The first-order chi connectivity index (χ1) is 28.2. The molecule has 5 heterocycles. The van der Waals surface area contributed by atoms with E-state index in [1.54, 1.807) is 12.4 Å². The summed E-state index contributed by atoms with van der Waals surface area (Å²) in [7, 11) is 5.70. The van der Waals surface area contributed by atoms with Crippen LogP contribution in [0, 0.1) is 27.7 Å². The van der Waals surface area contributed by atoms with Crippen LogP contribution in [0.5, 0.6) is 5.75 Å². The van der Waals surface area contributed by atoms with Gasteiger partial charge in [0.25, 0.3) is 5.91 Å². The quantitative estimate of drug-likeness (QED) is 0.129. The Hall–Kier alpha value is -5.78. The summed E-state index contributed by atoms with van der Waals surface area (Å²) in [6.45, 7) is 11.3. The third kappa shape index (κ3) is 6.89. The van der Waals surface area contributed by atoms with Gasteiger partial charge < -0.3 is 28.8 Å². The number of aromatic nitrogens is 5. The van der Waals surface area contributed by atoms with Gasteiger partial charge in [-0.3, -0.25) is 14.5 Å². The summed E-state index contributed by atoms with van der Waals surface area (Å²) in [5.41, 5.74) is 11.0. The minimum Gasteiger partial charge on any atom is -0.494 e. The second kappa shape index (κ2) is 15.4. The SMILES string of the molecule is Cc1cc(OCCCc2c3n(c4c(-c5c(C)nn(C)c5C)c(Cl)ccc24)C(C)CN(c2cc(N(C)Cc4ccccn4)cc4c(C(=O)O)cn(C)c24)C3=O)cc(C)c1Cl. The standard InChI is InChI=1S/C46H47Cl2N7O4/c1-25-18-32(19-26(2)41(25)48)59-17-11-13-33-34-14-15-37(47)40(39-28(4)50-53(8)29(39)5)43(34)55-27(3)22-54(45(56)44(33)55)38-21-31(51(6)23-30-12-9-10-16-49-30)20-35-36(46(57)58)24-52(7)42(35)38/h9-10,12,14-16,18-21,24,27H,11,13,17,22-23H2,1-8H3,(H,57,58). The number of ether oxygens (including phenoxy) is 1. The van der Waals surface area contributed by atoms with Gasteiger partial charge in [-0.2, -0.15) is 5.10 Å². The summed E-state index contributed by atoms with van der Waals surface area (Å²) in [5.74, 6) is -0.464. The Morgan fingerprint density at radius 3 is 2.39 bits per heavy atom. The van der Waals surface area contributed by atoms with Crippen LogP contribution in [0.15, 0.2) is 67.0 Å². The highest BCUT2D eigenvalue weighted by Gasteiger charge is 2.38. The third-order valence-corrected chi connectivity index (χ3v) is 12.6. The van der Waals surface area contributed by atoms with E-state index >= 15 is 4.79 Å². The van der Waals surface area contributed by atoms with E-state index in [9.17, 15) is 9.90 Å². The maximum Gasteiger partial charge on any atom is 0.337 e. The molecule has 1 aliphatic heterocycles. The number of carbonyl (C=O) groups is 2. The number of fused-ring (bicyclic) bond motifs is 4. The Kier molecular flexibility index (Phi) is 10.5. The number of amides is 1. The van der Waals surface area contributed by atoms with Crippen molar-refractivity contribution in [3.63, 3.8) is 0 Å². The molecule has 59 heavy (non-hydrogen) atoms. The van der Waals surface area contributed by atoms with Crippen LogP contribution < -0.4 is 14.5 Å². The number of aryl methyl sites for hydroxylation is 6. The third-order valence-electron chi connectivity index (χ3n) is 11.7. The second-order valence-electron chi connectivity index (χ2n) is 15.8. The number of anilines is 2. The van der Waals surface area contributed by atoms with Crippen LogP contribution in [0.1, 0.15) is 74.0 Å². The largest absolute Gasteiger partial charge is 0.494 e. The Labute approximate surface area is 353 Å². The topological polar surface area (TPSA) is 111 Å². The van der Waals surface area contributed by atoms with E-state index in [1.807, 2.05) is 122 Å². The maximum absolute atomic E-state index is 15.5. The predicted octanol–water partition coefficient (Wildman–Crippen LogP) is 10.0. The van der Waals surface area contributed by atoms with Crippen molar-refractivity contribution in [2.24, 2.45) is 14.1 Å². The van der Waals surface area contributed by atoms with E-state index in [1.165, 1.54) is 0 Å². The molecular weight excluding hydrogens is 785 g/mol. The van der Waals surface area contributed by atoms with Gasteiger partial charge in [0.15, 0.2) is 0 Å². The number of carboxylic acid groups (broad SMARTS) is 1. The van der Waals surface area contributed by atoms with E-state index < -0.39 is 5.97 Å². The zero-order valence-electron chi connectivity index (χ0n) is 34.5. The Bertz CT molecular complexity index is 2800. The minimum absolute atomic E-state index is 0.164. The average Bonchev–Trinajstić information content (AvgIpc) is 3.81. The summed E-state index contributed by atoms with van der Waals surface area (Å²) in [4.78, 5) is 36.5. The molecule has 7 aromatic rings. The number of hydrogen-bond acceptors (Lipinski definition) is 6. The number of rotatable bonds is 11. The van der Waals surface area contributed by atoms with Crippen molar-refractivity contribution in [2.75, 3.05) is 30.0 Å². The second-order valence-corrected chi connectivity index (χ2v) is 16.6. The van der Waals surface area contributed by atoms with Gasteiger partial charge in [0.1, 0.15) is 11.4 Å². The van der Waals surface area contributed by atoms with Crippen molar-refractivity contribution in [3.05, 3.63) is 122 Å². The van der Waals surface area contributed by atoms with E-state index in [0.29, 0.717) is 59.8 Å². The lowest BCUT2D eigenvalue weighted by molar-refractivity contribution is 0.0698. The molecule has 1 atom stereocenters. The highest BCUT2D eigenvalue weighted by atomic mass is 35.5. The van der Waals surface area contributed by atoms with Gasteiger partial charge in [0, 0.05) is 84.4 Å². The van der Waals surface area contributed by atoms with Crippen LogP contribution in [-0.4, -0.2) is 61.1 Å². The van der Waals surface area contributed by atoms with Crippen LogP contribution in [0.2, 0.25) is 10.0 Å². The van der Waals surface area contributed by atoms with Gasteiger partial charge in [-0.25, -0.2) is 4.79 Å². The summed E-state index contributed by atoms with van der Waals surface area (Å²) < 4.78 is 12.1. The van der Waals surface area contributed by atoms with Crippen molar-refractivity contribution in [1.82, 2.24) is 23.9 Å². The zero-order valence-corrected chi connectivity index (χ0v) is 36.0. The number of hydrogen-bond donors (Lipinski definition) is 1. The van der Waals surface area contributed by atoms with Crippen LogP contribution in [-0.2, 0) is 27.1 Å². The van der Waals surface area contributed by atoms with Crippen molar-refractivity contribution in [1.29, 1.82) is 0 Å². The molecule has 3 aromatic carbocycles. The van der Waals surface area contributed by atoms with E-state index in [2.05, 4.69) is 16.5 Å². The molecule has 8 rings (SSSR count). The molecule has 1 N–H and O–H groups in total. The molecule has 0 aliphatic carbocycles. The smallest absolute Gasteiger partial charge is 0.337 e. The maximum atomic E-state index is 15.5. The fourth-order valence-corrected chi connectivity index (χ4v) is 9.22. The highest BCUT2D eigenvalue weighted by Crippen LogP contribution is 2.46. The number of benzene rings is 3. The van der Waals surface area contributed by atoms with Gasteiger partial charge in [0.2, 0.25) is 0 Å². The monoisotopic (exact) mass is 831 g/mol. The van der Waals surface area contributed by atoms with Crippen LogP contribution in [0.4, 0.5) is 11.4 Å². The molecular formula is C46H47Cl2N7O4. The predicted molar refractivity (Wildman–Crippen MR) is 236 cm³/mol. The Balaban J connectivity index is 1.29. The number of aromatic carboxylic acids is 1. The summed E-state index contributed by atoms with van der Waals surface area (Å²) >= 11 is 13.6. The summed E-state index contributed by atoms with van der Waals surface area (Å²) in [6, 6.07) is 17.3. The highest BCUT2D eigenvalue weighted by molar-refractivity contribution is 6.35. The molecule has 0 radical (unpaired) electrons. The fourth-order valence-electron chi connectivity index (χ4n) is 8.87. The lowest BCUT2D eigenvalue weighted by Crippen LogP contribution is -2.43. The number of carboxylic acids is 1. The number of nitrogens with zero attached hydrogens (tertiary/aromatic N) is 7. The van der Waals surface area contributed by atoms with Crippen LogP contribution >= 0.6 is 23.2 Å². The van der Waals surface area contributed by atoms with Crippen molar-refractivity contribution in [3.8, 4) is 16.9 Å². The van der Waals surface area contributed by atoms with E-state index in [0.717, 1.165) is 72.3 Å². The Morgan fingerprint density at radius 2 is 1.73 bits per heavy atom. The summed E-state index contributed by atoms with van der Waals surface area (Å²) in [5, 5.41) is 17.9. The normalized spacial score (nSPS) is 14.1. The number of carbonyl (C=O) groups excluding carboxylic acids is 1. The molecule has 0 fully saturated rings. The van der Waals surface area contributed by atoms with E-state index in [-0.39, 0.29) is 17.5 Å². The van der Waals surface area contributed by atoms with Crippen molar-refractivity contribution >= 4 is 68.3 Å². The molecule has 0 saturated carbocycles. The van der Waals surface area contributed by atoms with Gasteiger partial charge >= 0.3 is 5.97 Å². The first-order valence-corrected chi connectivity index (χ1v) is 20.5. The average molecular weight is 833 g/mol. The molecule has 4 aromatic heterocycles. The molecule has 1 unspecified atom stereocenters.